The minimum Gasteiger partial charge on any atom is -0.426 e. The van der Waals surface area contributed by atoms with Gasteiger partial charge in [-0.3, -0.25) is 4.79 Å². The molecule has 0 saturated heterocycles. The molecule has 168 valence electrons. The van der Waals surface area contributed by atoms with Gasteiger partial charge in [0, 0.05) is 55.1 Å². The highest BCUT2D eigenvalue weighted by atomic mass is 35.7. The summed E-state index contributed by atoms with van der Waals surface area (Å²) in [5.41, 5.74) is 0. The first-order chi connectivity index (χ1) is 14.6. The lowest BCUT2D eigenvalue weighted by atomic mass is 9.93. The van der Waals surface area contributed by atoms with Crippen molar-refractivity contribution in [1.82, 2.24) is 0 Å². The van der Waals surface area contributed by atoms with E-state index in [1.54, 1.807) is 18.2 Å². The number of halogens is 3. The molecule has 0 aliphatic rings. The lowest BCUT2D eigenvalue weighted by molar-refractivity contribution is -0.131. The van der Waals surface area contributed by atoms with Crippen LogP contribution < -0.4 is 4.74 Å². The standard InChI is InChI=1S/C18H9Cl3O8S3/c1-8(22)29-12-7-10-4-2-3-9-5-6-11-14(13(9)10)15(12)17(31(20,25)26)18(32(21,27)28)16(11)30(19,23)24/h2-7H,1H3. The van der Waals surface area contributed by atoms with Crippen LogP contribution in [0.2, 0.25) is 0 Å². The minimum absolute atomic E-state index is 0.0284. The zero-order valence-electron chi connectivity index (χ0n) is 15.6. The molecule has 32 heavy (non-hydrogen) atoms. The second-order valence-electron chi connectivity index (χ2n) is 6.71. The zero-order chi connectivity index (χ0) is 23.8. The number of carbonyl (C=O) groups is 1. The Bertz CT molecular complexity index is 1790. The topological polar surface area (TPSA) is 129 Å². The van der Waals surface area contributed by atoms with Crippen LogP contribution in [0.3, 0.4) is 0 Å². The van der Waals surface area contributed by atoms with E-state index in [2.05, 4.69) is 0 Å². The summed E-state index contributed by atoms with van der Waals surface area (Å²) in [5.74, 6) is -1.20. The van der Waals surface area contributed by atoms with E-state index < -0.39 is 53.2 Å². The first-order valence-corrected chi connectivity index (χ1v) is 15.3. The fraction of sp³-hybridized carbons (Fsp3) is 0.0556. The van der Waals surface area contributed by atoms with Gasteiger partial charge in [-0.25, -0.2) is 25.3 Å². The van der Waals surface area contributed by atoms with Crippen LogP contribution in [0.15, 0.2) is 51.1 Å². The third-order valence-corrected chi connectivity index (χ3v) is 9.08. The molecule has 0 saturated carbocycles. The molecule has 4 aromatic rings. The van der Waals surface area contributed by atoms with Crippen LogP contribution in [-0.2, 0) is 31.9 Å². The van der Waals surface area contributed by atoms with Gasteiger partial charge in [0.2, 0.25) is 0 Å². The van der Waals surface area contributed by atoms with E-state index in [1.165, 1.54) is 18.2 Å². The monoisotopic (exact) mass is 554 g/mol. The summed E-state index contributed by atoms with van der Waals surface area (Å²) < 4.78 is 80.4. The molecule has 8 nitrogen and oxygen atoms in total. The van der Waals surface area contributed by atoms with Crippen molar-refractivity contribution in [3.05, 3.63) is 36.4 Å². The normalized spacial score (nSPS) is 13.2. The van der Waals surface area contributed by atoms with Crippen molar-refractivity contribution in [2.75, 3.05) is 0 Å². The lowest BCUT2D eigenvalue weighted by Crippen LogP contribution is -2.12. The van der Waals surface area contributed by atoms with Gasteiger partial charge in [-0.15, -0.1) is 0 Å². The maximum absolute atomic E-state index is 12.6. The Morgan fingerprint density at radius 3 is 1.81 bits per heavy atom. The maximum Gasteiger partial charge on any atom is 0.308 e. The molecule has 0 radical (unpaired) electrons. The molecular weight excluding hydrogens is 547 g/mol. The third kappa shape index (κ3) is 3.66. The van der Waals surface area contributed by atoms with Crippen LogP contribution in [0.1, 0.15) is 6.92 Å². The molecule has 0 unspecified atom stereocenters. The van der Waals surface area contributed by atoms with E-state index in [4.69, 9.17) is 36.8 Å². The molecule has 0 aliphatic carbocycles. The van der Waals surface area contributed by atoms with Gasteiger partial charge in [-0.05, 0) is 22.2 Å². The number of rotatable bonds is 4. The second kappa shape index (κ2) is 7.31. The smallest absolute Gasteiger partial charge is 0.308 e. The molecule has 0 heterocycles. The molecule has 0 aliphatic heterocycles. The van der Waals surface area contributed by atoms with Crippen LogP contribution in [0.5, 0.6) is 5.75 Å². The number of hydrogen-bond acceptors (Lipinski definition) is 8. The molecule has 0 aromatic heterocycles. The quantitative estimate of drug-likeness (QED) is 0.158. The summed E-state index contributed by atoms with van der Waals surface area (Å²) in [6.07, 6.45) is 0. The van der Waals surface area contributed by atoms with Crippen molar-refractivity contribution >= 4 is 97.5 Å². The van der Waals surface area contributed by atoms with Gasteiger partial charge in [0.05, 0.1) is 0 Å². The number of hydrogen-bond donors (Lipinski definition) is 0. The van der Waals surface area contributed by atoms with E-state index in [9.17, 15) is 30.0 Å². The van der Waals surface area contributed by atoms with Crippen molar-refractivity contribution in [3.8, 4) is 5.75 Å². The van der Waals surface area contributed by atoms with E-state index in [0.29, 0.717) is 16.2 Å². The molecule has 0 N–H and O–H groups in total. The van der Waals surface area contributed by atoms with Crippen molar-refractivity contribution in [2.45, 2.75) is 21.6 Å². The van der Waals surface area contributed by atoms with Gasteiger partial charge in [-0.2, -0.15) is 0 Å². The Morgan fingerprint density at radius 2 is 1.28 bits per heavy atom. The minimum atomic E-state index is -5.06. The molecule has 0 atom stereocenters. The first-order valence-electron chi connectivity index (χ1n) is 8.42. The van der Waals surface area contributed by atoms with Crippen molar-refractivity contribution in [3.63, 3.8) is 0 Å². The SMILES string of the molecule is CC(=O)Oc1cc2cccc3ccc4c(S(=O)(=O)Cl)c(S(=O)(=O)Cl)c(S(=O)(=O)Cl)c1c4c32. The molecule has 0 bridgehead atoms. The molecular formula is C18H9Cl3O8S3. The summed E-state index contributed by atoms with van der Waals surface area (Å²) in [6.45, 7) is 1.05. The Hall–Kier alpha value is -1.89. The molecule has 0 fully saturated rings. The van der Waals surface area contributed by atoms with Gasteiger partial charge in [-0.1, -0.05) is 30.3 Å². The Kier molecular flexibility index (Phi) is 5.31. The second-order valence-corrected chi connectivity index (χ2v) is 14.2. The Balaban J connectivity index is 2.58. The summed E-state index contributed by atoms with van der Waals surface area (Å²) in [6, 6.07) is 9.03. The molecule has 4 rings (SSSR count). The van der Waals surface area contributed by atoms with Crippen LogP contribution in [0, 0.1) is 0 Å². The van der Waals surface area contributed by atoms with E-state index in [-0.39, 0.29) is 16.5 Å². The van der Waals surface area contributed by atoms with Gasteiger partial charge in [0.25, 0.3) is 27.2 Å². The largest absolute Gasteiger partial charge is 0.426 e. The van der Waals surface area contributed by atoms with Gasteiger partial charge in [0.1, 0.15) is 20.4 Å². The molecule has 14 heteroatoms. The highest BCUT2D eigenvalue weighted by molar-refractivity contribution is 8.17. The average Bonchev–Trinajstić information content (AvgIpc) is 2.62. The molecule has 0 spiro atoms. The predicted octanol–water partition coefficient (Wildman–Crippen LogP) is 4.29. The molecule has 4 aromatic carbocycles. The highest BCUT2D eigenvalue weighted by Crippen LogP contribution is 2.50. The first kappa shape index (κ1) is 23.3. The molecule has 0 amide bonds. The van der Waals surface area contributed by atoms with Gasteiger partial charge >= 0.3 is 5.97 Å². The lowest BCUT2D eigenvalue weighted by Gasteiger charge is -2.20. The number of esters is 1. The zero-order valence-corrected chi connectivity index (χ0v) is 20.3. The number of ether oxygens (including phenoxy) is 1. The summed E-state index contributed by atoms with van der Waals surface area (Å²) in [5, 5.41) is 0.701. The number of carbonyl (C=O) groups excluding carboxylic acids is 1. The highest BCUT2D eigenvalue weighted by Gasteiger charge is 2.38. The van der Waals surface area contributed by atoms with Crippen LogP contribution in [0.4, 0.5) is 0 Å². The third-order valence-electron chi connectivity index (χ3n) is 4.73. The van der Waals surface area contributed by atoms with Crippen molar-refractivity contribution in [2.24, 2.45) is 0 Å². The predicted molar refractivity (Wildman–Crippen MR) is 121 cm³/mol. The van der Waals surface area contributed by atoms with Crippen molar-refractivity contribution in [1.29, 1.82) is 0 Å². The van der Waals surface area contributed by atoms with Crippen molar-refractivity contribution < 1.29 is 34.8 Å². The van der Waals surface area contributed by atoms with E-state index in [1.807, 2.05) is 0 Å². The fourth-order valence-corrected chi connectivity index (χ4v) is 9.33. The summed E-state index contributed by atoms with van der Waals surface area (Å²) in [4.78, 5) is 8.21. The average molecular weight is 556 g/mol. The van der Waals surface area contributed by atoms with Gasteiger partial charge < -0.3 is 4.74 Å². The van der Waals surface area contributed by atoms with Gasteiger partial charge in [0.15, 0.2) is 0 Å². The van der Waals surface area contributed by atoms with E-state index in [0.717, 1.165) is 6.92 Å². The number of benzene rings is 4. The summed E-state index contributed by atoms with van der Waals surface area (Å²) >= 11 is 0. The Morgan fingerprint density at radius 1 is 0.719 bits per heavy atom. The van der Waals surface area contributed by atoms with Crippen LogP contribution >= 0.6 is 32.0 Å². The summed E-state index contributed by atoms with van der Waals surface area (Å²) in [7, 11) is 1.72. The maximum atomic E-state index is 12.6. The van der Waals surface area contributed by atoms with Crippen LogP contribution in [-0.4, -0.2) is 31.2 Å². The van der Waals surface area contributed by atoms with Crippen LogP contribution in [0.25, 0.3) is 32.3 Å². The fourth-order valence-electron chi connectivity index (χ4n) is 3.81. The van der Waals surface area contributed by atoms with E-state index >= 15 is 0 Å². The Labute approximate surface area is 195 Å².